The van der Waals surface area contributed by atoms with Crippen LogP contribution in [0.15, 0.2) is 46.0 Å². The molecule has 0 atom stereocenters. The van der Waals surface area contributed by atoms with Gasteiger partial charge in [-0.3, -0.25) is 9.80 Å². The molecule has 0 saturated heterocycles. The number of nitrogens with zero attached hydrogens (tertiary/aromatic N) is 6. The number of anilines is 1. The number of hydrogen-bond acceptors (Lipinski definition) is 6. The van der Waals surface area contributed by atoms with Gasteiger partial charge in [-0.15, -0.1) is 28.3 Å². The normalized spacial score (nSPS) is 14.8. The number of carbonyl (C=O) groups excluding carboxylic acids is 1. The lowest BCUT2D eigenvalue weighted by molar-refractivity contribution is 0.0951. The van der Waals surface area contributed by atoms with Crippen LogP contribution in [0.2, 0.25) is 0 Å². The van der Waals surface area contributed by atoms with E-state index in [0.29, 0.717) is 17.8 Å². The van der Waals surface area contributed by atoms with Crippen LogP contribution in [0.1, 0.15) is 48.2 Å². The molecule has 0 radical (unpaired) electrons. The summed E-state index contributed by atoms with van der Waals surface area (Å²) >= 11 is 11.7. The van der Waals surface area contributed by atoms with E-state index in [-0.39, 0.29) is 11.5 Å². The predicted octanol–water partition coefficient (Wildman–Crippen LogP) is 4.72. The molecule has 11 heteroatoms. The van der Waals surface area contributed by atoms with E-state index in [4.69, 9.17) is 23.2 Å². The molecule has 178 valence electrons. The smallest absolute Gasteiger partial charge is 0.291 e. The minimum absolute atomic E-state index is 0.209. The molecule has 1 fully saturated rings. The second-order valence-electron chi connectivity index (χ2n) is 7.81. The Hall–Kier alpha value is -2.65. The summed E-state index contributed by atoms with van der Waals surface area (Å²) in [4.78, 5) is 21.5. The van der Waals surface area contributed by atoms with E-state index in [1.54, 1.807) is 6.21 Å². The number of nitrogens with one attached hydrogen (secondary N) is 2. The van der Waals surface area contributed by atoms with Crippen molar-refractivity contribution >= 4 is 46.8 Å². The van der Waals surface area contributed by atoms with Gasteiger partial charge in [0.1, 0.15) is 0 Å². The van der Waals surface area contributed by atoms with Gasteiger partial charge in [-0.05, 0) is 30.5 Å². The number of rotatable bonds is 11. The molecule has 33 heavy (non-hydrogen) atoms. The Morgan fingerprint density at radius 2 is 1.88 bits per heavy atom. The van der Waals surface area contributed by atoms with Crippen LogP contribution in [-0.2, 0) is 0 Å². The van der Waals surface area contributed by atoms with Crippen molar-refractivity contribution in [1.82, 2.24) is 20.4 Å². The zero-order valence-electron chi connectivity index (χ0n) is 18.8. The van der Waals surface area contributed by atoms with Crippen LogP contribution in [0, 0.1) is 0 Å². The van der Waals surface area contributed by atoms with Crippen molar-refractivity contribution in [2.75, 3.05) is 36.8 Å². The Morgan fingerprint density at radius 1 is 1.18 bits per heavy atom. The van der Waals surface area contributed by atoms with Gasteiger partial charge in [0.05, 0.1) is 12.5 Å². The number of halogens is 2. The van der Waals surface area contributed by atoms with Crippen LogP contribution < -0.4 is 10.3 Å². The van der Waals surface area contributed by atoms with Gasteiger partial charge in [-0.2, -0.15) is 5.10 Å². The number of H-pyrrole nitrogens is 1. The van der Waals surface area contributed by atoms with Gasteiger partial charge >= 0.3 is 0 Å². The van der Waals surface area contributed by atoms with E-state index >= 15 is 0 Å². The standard InChI is InChI=1S/C22H30Cl2N8O/c1-31(18-5-3-2-4-6-18)30-28-21-20(25-16-26-21)22(33)29-27-15-17-7-9-19(10-8-17)32(13-11-23)14-12-24/h7-10,15-16,18H,2-6,11-14H2,1H3,(H,25,26)(H,29,33)/b27-15?,30-28+. The molecule has 0 bridgehead atoms. The molecule has 0 unspecified atom stereocenters. The van der Waals surface area contributed by atoms with Gasteiger partial charge in [-0.25, -0.2) is 10.4 Å². The van der Waals surface area contributed by atoms with Crippen molar-refractivity contribution in [3.63, 3.8) is 0 Å². The number of amides is 1. The van der Waals surface area contributed by atoms with Crippen LogP contribution in [0.4, 0.5) is 11.5 Å². The highest BCUT2D eigenvalue weighted by atomic mass is 35.5. The molecule has 0 aliphatic heterocycles. The largest absolute Gasteiger partial charge is 0.369 e. The van der Waals surface area contributed by atoms with Gasteiger partial charge < -0.3 is 9.88 Å². The second kappa shape index (κ2) is 13.2. The molecule has 1 aliphatic carbocycles. The number of hydrogen-bond donors (Lipinski definition) is 2. The number of aromatic nitrogens is 2. The lowest BCUT2D eigenvalue weighted by Crippen LogP contribution is -2.28. The van der Waals surface area contributed by atoms with Crippen LogP contribution in [0.5, 0.6) is 0 Å². The van der Waals surface area contributed by atoms with Gasteiger partial charge in [0.25, 0.3) is 5.91 Å². The number of carbonyl (C=O) groups is 1. The predicted molar refractivity (Wildman–Crippen MR) is 133 cm³/mol. The topological polar surface area (TPSA) is 101 Å². The van der Waals surface area contributed by atoms with Crippen molar-refractivity contribution in [2.45, 2.75) is 38.1 Å². The summed E-state index contributed by atoms with van der Waals surface area (Å²) in [7, 11) is 1.91. The van der Waals surface area contributed by atoms with Crippen molar-refractivity contribution in [1.29, 1.82) is 0 Å². The van der Waals surface area contributed by atoms with E-state index in [0.717, 1.165) is 37.2 Å². The minimum atomic E-state index is -0.440. The number of hydrazone groups is 1. The third-order valence-corrected chi connectivity index (χ3v) is 5.91. The highest BCUT2D eigenvalue weighted by molar-refractivity contribution is 6.18. The first-order chi connectivity index (χ1) is 16.1. The van der Waals surface area contributed by atoms with E-state index in [2.05, 4.69) is 35.7 Å². The maximum atomic E-state index is 12.5. The van der Waals surface area contributed by atoms with E-state index < -0.39 is 5.91 Å². The quantitative estimate of drug-likeness (QED) is 0.205. The molecule has 1 aliphatic rings. The first kappa shape index (κ1) is 25.0. The summed E-state index contributed by atoms with van der Waals surface area (Å²) in [5.74, 6) is 0.842. The number of imidazole rings is 1. The summed E-state index contributed by atoms with van der Waals surface area (Å²) in [6.07, 6.45) is 8.90. The van der Waals surface area contributed by atoms with Crippen molar-refractivity contribution in [3.05, 3.63) is 41.9 Å². The Balaban J connectivity index is 1.55. The fourth-order valence-electron chi connectivity index (χ4n) is 3.74. The molecule has 3 rings (SSSR count). The SMILES string of the molecule is CN(/N=N/c1nc[nH]c1C(=O)NN=Cc1ccc(N(CCCl)CCCl)cc1)C1CCCCC1. The Morgan fingerprint density at radius 3 is 2.55 bits per heavy atom. The molecule has 2 aromatic rings. The van der Waals surface area contributed by atoms with E-state index in [1.807, 2.05) is 36.3 Å². The third-order valence-electron chi connectivity index (χ3n) is 5.58. The molecule has 1 aromatic heterocycles. The maximum Gasteiger partial charge on any atom is 0.291 e. The molecular formula is C22H30Cl2N8O. The Labute approximate surface area is 204 Å². The Kier molecular flexibility index (Phi) is 9.96. The monoisotopic (exact) mass is 492 g/mol. The molecular weight excluding hydrogens is 463 g/mol. The fourth-order valence-corrected chi connectivity index (χ4v) is 4.15. The molecule has 0 spiro atoms. The molecule has 2 N–H and O–H groups in total. The number of benzene rings is 1. The van der Waals surface area contributed by atoms with Crippen LogP contribution >= 0.6 is 23.2 Å². The molecule has 1 aromatic carbocycles. The van der Waals surface area contributed by atoms with Gasteiger partial charge in [0.15, 0.2) is 5.69 Å². The van der Waals surface area contributed by atoms with Crippen LogP contribution in [-0.4, -0.2) is 65.0 Å². The summed E-state index contributed by atoms with van der Waals surface area (Å²) in [5.41, 5.74) is 4.58. The number of aromatic amines is 1. The summed E-state index contributed by atoms with van der Waals surface area (Å²) in [6, 6.07) is 8.15. The summed E-state index contributed by atoms with van der Waals surface area (Å²) < 4.78 is 0. The average molecular weight is 493 g/mol. The first-order valence-corrected chi connectivity index (χ1v) is 12.2. The van der Waals surface area contributed by atoms with Gasteiger partial charge in [-0.1, -0.05) is 36.6 Å². The lowest BCUT2D eigenvalue weighted by Gasteiger charge is -2.27. The Bertz CT molecular complexity index is 919. The molecule has 1 amide bonds. The number of alkyl halides is 2. The van der Waals surface area contributed by atoms with Gasteiger partial charge in [0, 0.05) is 43.6 Å². The van der Waals surface area contributed by atoms with E-state index in [1.165, 1.54) is 25.6 Å². The average Bonchev–Trinajstić information content (AvgIpc) is 3.32. The first-order valence-electron chi connectivity index (χ1n) is 11.1. The van der Waals surface area contributed by atoms with Crippen LogP contribution in [0.25, 0.3) is 0 Å². The van der Waals surface area contributed by atoms with Gasteiger partial charge in [0.2, 0.25) is 5.82 Å². The van der Waals surface area contributed by atoms with E-state index in [9.17, 15) is 4.79 Å². The molecule has 9 nitrogen and oxygen atoms in total. The highest BCUT2D eigenvalue weighted by Crippen LogP contribution is 2.23. The molecule has 1 heterocycles. The minimum Gasteiger partial charge on any atom is -0.369 e. The zero-order chi connectivity index (χ0) is 23.5. The van der Waals surface area contributed by atoms with Crippen molar-refractivity contribution < 1.29 is 4.79 Å². The highest BCUT2D eigenvalue weighted by Gasteiger charge is 2.18. The van der Waals surface area contributed by atoms with Crippen LogP contribution in [0.3, 0.4) is 0 Å². The fraction of sp³-hybridized carbons (Fsp3) is 0.500. The maximum absolute atomic E-state index is 12.5. The van der Waals surface area contributed by atoms with Crippen molar-refractivity contribution in [2.24, 2.45) is 15.4 Å². The third kappa shape index (κ3) is 7.43. The second-order valence-corrected chi connectivity index (χ2v) is 8.57. The molecule has 1 saturated carbocycles. The summed E-state index contributed by atoms with van der Waals surface area (Å²) in [6.45, 7) is 1.44. The zero-order valence-corrected chi connectivity index (χ0v) is 20.3. The summed E-state index contributed by atoms with van der Waals surface area (Å²) in [5, 5.41) is 14.3. The lowest BCUT2D eigenvalue weighted by atomic mass is 9.95. The van der Waals surface area contributed by atoms with Crippen molar-refractivity contribution in [3.8, 4) is 0 Å².